The van der Waals surface area contributed by atoms with Crippen molar-refractivity contribution in [3.8, 4) is 0 Å². The number of hydrogen-bond acceptors (Lipinski definition) is 2. The minimum atomic E-state index is 0.0245. The molecule has 22 heavy (non-hydrogen) atoms. The predicted molar refractivity (Wildman–Crippen MR) is 91.7 cm³/mol. The number of esters is 1. The summed E-state index contributed by atoms with van der Waals surface area (Å²) in [5.74, 6) is 2.75. The van der Waals surface area contributed by atoms with E-state index < -0.39 is 0 Å². The fraction of sp³-hybridized carbons (Fsp3) is 0.950. The number of unbranched alkanes of at least 4 members (excludes halogenated alkanes) is 1. The summed E-state index contributed by atoms with van der Waals surface area (Å²) in [6, 6.07) is 0. The second-order valence-electron chi connectivity index (χ2n) is 7.71. The standard InChI is InChI=1S/C20H36O2/c1-3-5-8-16-11-13-17(14-12-16)18-9-6-10-19(15-18)22-20(21)7-4-2/h16-19H,3-15H2,1-2H3/t16?,17?,18-,19-/m1/s1. The molecule has 0 amide bonds. The molecule has 2 aliphatic rings. The lowest BCUT2D eigenvalue weighted by atomic mass is 9.70. The molecular weight excluding hydrogens is 272 g/mol. The Morgan fingerprint density at radius 3 is 2.41 bits per heavy atom. The van der Waals surface area contributed by atoms with Crippen molar-refractivity contribution in [2.45, 2.75) is 103 Å². The summed E-state index contributed by atoms with van der Waals surface area (Å²) in [6.45, 7) is 4.34. The molecule has 0 spiro atoms. The van der Waals surface area contributed by atoms with E-state index in [1.54, 1.807) is 0 Å². The summed E-state index contributed by atoms with van der Waals surface area (Å²) in [7, 11) is 0. The number of carbonyl (C=O) groups is 1. The molecule has 0 aromatic heterocycles. The normalized spacial score (nSPS) is 32.6. The fourth-order valence-corrected chi connectivity index (χ4v) is 4.61. The zero-order valence-electron chi connectivity index (χ0n) is 14.8. The van der Waals surface area contributed by atoms with E-state index in [4.69, 9.17) is 4.74 Å². The van der Waals surface area contributed by atoms with Crippen molar-refractivity contribution < 1.29 is 9.53 Å². The van der Waals surface area contributed by atoms with Crippen LogP contribution in [-0.2, 0) is 9.53 Å². The van der Waals surface area contributed by atoms with Gasteiger partial charge in [-0.3, -0.25) is 4.79 Å². The van der Waals surface area contributed by atoms with Crippen LogP contribution in [0.4, 0.5) is 0 Å². The molecule has 128 valence electrons. The van der Waals surface area contributed by atoms with Crippen molar-refractivity contribution in [1.82, 2.24) is 0 Å². The number of ether oxygens (including phenoxy) is 1. The average Bonchev–Trinajstić information content (AvgIpc) is 2.54. The highest BCUT2D eigenvalue weighted by Crippen LogP contribution is 2.41. The van der Waals surface area contributed by atoms with Crippen LogP contribution in [0.15, 0.2) is 0 Å². The number of carbonyl (C=O) groups excluding carboxylic acids is 1. The SMILES string of the molecule is CCCCC1CCC([C@@H]2CCC[C@@H](OC(=O)CCC)C2)CC1. The van der Waals surface area contributed by atoms with E-state index in [0.717, 1.165) is 37.0 Å². The van der Waals surface area contributed by atoms with Gasteiger partial charge >= 0.3 is 5.97 Å². The third kappa shape index (κ3) is 5.59. The molecule has 0 aromatic rings. The van der Waals surface area contributed by atoms with Gasteiger partial charge in [-0.05, 0) is 62.7 Å². The Hall–Kier alpha value is -0.530. The molecule has 2 saturated carbocycles. The Morgan fingerprint density at radius 2 is 1.73 bits per heavy atom. The van der Waals surface area contributed by atoms with Gasteiger partial charge in [-0.25, -0.2) is 0 Å². The molecule has 2 fully saturated rings. The highest BCUT2D eigenvalue weighted by molar-refractivity contribution is 5.69. The minimum Gasteiger partial charge on any atom is -0.462 e. The molecule has 2 rings (SSSR count). The quantitative estimate of drug-likeness (QED) is 0.548. The van der Waals surface area contributed by atoms with Gasteiger partial charge in [0.1, 0.15) is 6.10 Å². The molecule has 2 atom stereocenters. The second-order valence-corrected chi connectivity index (χ2v) is 7.71. The van der Waals surface area contributed by atoms with Gasteiger partial charge in [0, 0.05) is 6.42 Å². The monoisotopic (exact) mass is 308 g/mol. The topological polar surface area (TPSA) is 26.3 Å². The van der Waals surface area contributed by atoms with Crippen molar-refractivity contribution in [2.75, 3.05) is 0 Å². The first kappa shape index (κ1) is 17.8. The zero-order valence-corrected chi connectivity index (χ0v) is 14.8. The summed E-state index contributed by atoms with van der Waals surface area (Å²) in [5, 5.41) is 0. The van der Waals surface area contributed by atoms with Gasteiger partial charge in [0.2, 0.25) is 0 Å². The number of rotatable bonds is 7. The van der Waals surface area contributed by atoms with Crippen LogP contribution < -0.4 is 0 Å². The molecule has 0 bridgehead atoms. The largest absolute Gasteiger partial charge is 0.462 e. The molecule has 0 unspecified atom stereocenters. The molecule has 0 saturated heterocycles. The summed E-state index contributed by atoms with van der Waals surface area (Å²) < 4.78 is 5.69. The highest BCUT2D eigenvalue weighted by Gasteiger charge is 2.32. The fourth-order valence-electron chi connectivity index (χ4n) is 4.61. The summed E-state index contributed by atoms with van der Waals surface area (Å²) in [4.78, 5) is 11.7. The minimum absolute atomic E-state index is 0.0245. The molecular formula is C20H36O2. The van der Waals surface area contributed by atoms with Crippen LogP contribution in [0.25, 0.3) is 0 Å². The van der Waals surface area contributed by atoms with E-state index >= 15 is 0 Å². The first-order chi connectivity index (χ1) is 10.7. The second kappa shape index (κ2) is 9.57. The molecule has 2 nitrogen and oxygen atoms in total. The van der Waals surface area contributed by atoms with E-state index in [1.165, 1.54) is 57.8 Å². The van der Waals surface area contributed by atoms with Crippen LogP contribution >= 0.6 is 0 Å². The van der Waals surface area contributed by atoms with E-state index in [-0.39, 0.29) is 12.1 Å². The lowest BCUT2D eigenvalue weighted by Crippen LogP contribution is -2.31. The molecule has 0 aliphatic heterocycles. The van der Waals surface area contributed by atoms with E-state index in [1.807, 2.05) is 6.92 Å². The third-order valence-corrected chi connectivity index (χ3v) is 5.94. The van der Waals surface area contributed by atoms with Crippen LogP contribution in [0.5, 0.6) is 0 Å². The first-order valence-corrected chi connectivity index (χ1v) is 9.92. The Morgan fingerprint density at radius 1 is 0.955 bits per heavy atom. The number of hydrogen-bond donors (Lipinski definition) is 0. The Kier molecular flexibility index (Phi) is 7.75. The molecule has 0 heterocycles. The Labute approximate surface area is 137 Å². The third-order valence-electron chi connectivity index (χ3n) is 5.94. The highest BCUT2D eigenvalue weighted by atomic mass is 16.5. The van der Waals surface area contributed by atoms with E-state index in [0.29, 0.717) is 6.42 Å². The van der Waals surface area contributed by atoms with Crippen molar-refractivity contribution in [3.05, 3.63) is 0 Å². The lowest BCUT2D eigenvalue weighted by molar-refractivity contribution is -0.151. The molecule has 0 aromatic carbocycles. The van der Waals surface area contributed by atoms with Crippen molar-refractivity contribution in [1.29, 1.82) is 0 Å². The van der Waals surface area contributed by atoms with Crippen LogP contribution in [0.2, 0.25) is 0 Å². The first-order valence-electron chi connectivity index (χ1n) is 9.92. The summed E-state index contributed by atoms with van der Waals surface area (Å²) in [6.07, 6.45) is 16.5. The van der Waals surface area contributed by atoms with Gasteiger partial charge in [-0.2, -0.15) is 0 Å². The van der Waals surface area contributed by atoms with Crippen molar-refractivity contribution in [2.24, 2.45) is 17.8 Å². The maximum absolute atomic E-state index is 11.7. The molecule has 2 aliphatic carbocycles. The van der Waals surface area contributed by atoms with Crippen molar-refractivity contribution in [3.63, 3.8) is 0 Å². The lowest BCUT2D eigenvalue weighted by Gasteiger charge is -2.38. The maximum Gasteiger partial charge on any atom is 0.306 e. The summed E-state index contributed by atoms with van der Waals surface area (Å²) in [5.41, 5.74) is 0. The summed E-state index contributed by atoms with van der Waals surface area (Å²) >= 11 is 0. The van der Waals surface area contributed by atoms with Gasteiger partial charge in [-0.1, -0.05) is 46.0 Å². The van der Waals surface area contributed by atoms with Gasteiger partial charge < -0.3 is 4.74 Å². The average molecular weight is 309 g/mol. The molecule has 2 heteroatoms. The van der Waals surface area contributed by atoms with Gasteiger partial charge in [0.15, 0.2) is 0 Å². The van der Waals surface area contributed by atoms with E-state index in [2.05, 4.69) is 6.92 Å². The smallest absolute Gasteiger partial charge is 0.306 e. The van der Waals surface area contributed by atoms with Crippen molar-refractivity contribution >= 4 is 5.97 Å². The maximum atomic E-state index is 11.7. The van der Waals surface area contributed by atoms with Crippen LogP contribution in [0, 0.1) is 17.8 Å². The predicted octanol–water partition coefficient (Wildman–Crippen LogP) is 5.89. The van der Waals surface area contributed by atoms with Gasteiger partial charge in [0.25, 0.3) is 0 Å². The van der Waals surface area contributed by atoms with Crippen LogP contribution in [0.3, 0.4) is 0 Å². The molecule has 0 N–H and O–H groups in total. The van der Waals surface area contributed by atoms with Gasteiger partial charge in [-0.15, -0.1) is 0 Å². The molecule has 0 radical (unpaired) electrons. The van der Waals surface area contributed by atoms with Crippen LogP contribution in [0.1, 0.15) is 97.3 Å². The van der Waals surface area contributed by atoms with Crippen LogP contribution in [-0.4, -0.2) is 12.1 Å². The van der Waals surface area contributed by atoms with Gasteiger partial charge in [0.05, 0.1) is 0 Å². The Balaban J connectivity index is 1.72. The zero-order chi connectivity index (χ0) is 15.8. The van der Waals surface area contributed by atoms with E-state index in [9.17, 15) is 4.79 Å². The Bertz CT molecular complexity index is 318.